The predicted octanol–water partition coefficient (Wildman–Crippen LogP) is 1.90. The van der Waals surface area contributed by atoms with Crippen LogP contribution in [0, 0.1) is 17.8 Å². The minimum atomic E-state index is -0.568. The van der Waals surface area contributed by atoms with Gasteiger partial charge in [0.15, 0.2) is 0 Å². The highest BCUT2D eigenvalue weighted by Gasteiger charge is 2.47. The number of hydrogen-bond acceptors (Lipinski definition) is 1. The van der Waals surface area contributed by atoms with Gasteiger partial charge >= 0.3 is 5.97 Å². The van der Waals surface area contributed by atoms with Gasteiger partial charge in [-0.2, -0.15) is 0 Å². The van der Waals surface area contributed by atoms with Gasteiger partial charge in [-0.15, -0.1) is 0 Å². The van der Waals surface area contributed by atoms with Crippen LogP contribution in [0.25, 0.3) is 0 Å². The monoisotopic (exact) mass is 154 g/mol. The van der Waals surface area contributed by atoms with Crippen molar-refractivity contribution in [3.05, 3.63) is 0 Å². The number of hydrogen-bond donors (Lipinski definition) is 1. The summed E-state index contributed by atoms with van der Waals surface area (Å²) >= 11 is 0. The van der Waals surface area contributed by atoms with Gasteiger partial charge in [0.05, 0.1) is 5.92 Å². The van der Waals surface area contributed by atoms with Crippen molar-refractivity contribution >= 4 is 5.97 Å². The summed E-state index contributed by atoms with van der Waals surface area (Å²) in [5.41, 5.74) is 0. The van der Waals surface area contributed by atoms with Crippen molar-refractivity contribution in [2.75, 3.05) is 0 Å². The quantitative estimate of drug-likeness (QED) is 0.659. The van der Waals surface area contributed by atoms with E-state index in [-0.39, 0.29) is 5.92 Å². The molecular weight excluding hydrogens is 140 g/mol. The van der Waals surface area contributed by atoms with E-state index in [1.165, 1.54) is 25.7 Å². The van der Waals surface area contributed by atoms with Crippen molar-refractivity contribution in [2.24, 2.45) is 17.8 Å². The minimum Gasteiger partial charge on any atom is -0.481 e. The molecule has 0 saturated heterocycles. The minimum absolute atomic E-state index is 0.0260. The Morgan fingerprint density at radius 2 is 1.91 bits per heavy atom. The van der Waals surface area contributed by atoms with Gasteiger partial charge < -0.3 is 5.11 Å². The van der Waals surface area contributed by atoms with E-state index in [0.717, 1.165) is 12.3 Å². The summed E-state index contributed by atoms with van der Waals surface area (Å²) < 4.78 is 0. The highest BCUT2D eigenvalue weighted by molar-refractivity contribution is 5.73. The second-order valence-electron chi connectivity index (χ2n) is 3.89. The summed E-state index contributed by atoms with van der Waals surface area (Å²) in [6.07, 6.45) is 6.18. The van der Waals surface area contributed by atoms with E-state index in [0.29, 0.717) is 5.92 Å². The molecule has 0 unspecified atom stereocenters. The number of rotatable bonds is 2. The molecule has 2 heteroatoms. The molecule has 0 aliphatic heterocycles. The molecule has 2 atom stereocenters. The van der Waals surface area contributed by atoms with Crippen LogP contribution in [0.5, 0.6) is 0 Å². The topological polar surface area (TPSA) is 37.3 Å². The maximum atomic E-state index is 10.5. The predicted molar refractivity (Wildman–Crippen MR) is 41.2 cm³/mol. The summed E-state index contributed by atoms with van der Waals surface area (Å²) in [5, 5.41) is 8.68. The summed E-state index contributed by atoms with van der Waals surface area (Å²) in [4.78, 5) is 10.5. The molecule has 2 fully saturated rings. The van der Waals surface area contributed by atoms with Gasteiger partial charge in [-0.3, -0.25) is 4.79 Å². The molecule has 11 heavy (non-hydrogen) atoms. The number of carbonyl (C=O) groups is 1. The summed E-state index contributed by atoms with van der Waals surface area (Å²) in [6.45, 7) is 0. The lowest BCUT2D eigenvalue weighted by molar-refractivity contribution is -0.139. The van der Waals surface area contributed by atoms with Crippen molar-refractivity contribution in [3.8, 4) is 0 Å². The molecule has 2 rings (SSSR count). The maximum absolute atomic E-state index is 10.5. The molecule has 2 nitrogen and oxygen atoms in total. The van der Waals surface area contributed by atoms with Gasteiger partial charge in [0.25, 0.3) is 0 Å². The smallest absolute Gasteiger partial charge is 0.306 e. The van der Waals surface area contributed by atoms with E-state index in [1.54, 1.807) is 0 Å². The zero-order valence-corrected chi connectivity index (χ0v) is 6.62. The Labute approximate surface area is 66.6 Å². The SMILES string of the molecule is O=C(O)[C@@H]1C[C@H]1C1CCCC1. The van der Waals surface area contributed by atoms with Crippen molar-refractivity contribution in [1.82, 2.24) is 0 Å². The highest BCUT2D eigenvalue weighted by atomic mass is 16.4. The lowest BCUT2D eigenvalue weighted by Crippen LogP contribution is -2.04. The first-order valence-corrected chi connectivity index (χ1v) is 4.52. The Morgan fingerprint density at radius 1 is 1.27 bits per heavy atom. The third kappa shape index (κ3) is 1.26. The number of carboxylic acid groups (broad SMARTS) is 1. The van der Waals surface area contributed by atoms with E-state index >= 15 is 0 Å². The molecule has 62 valence electrons. The fourth-order valence-corrected chi connectivity index (χ4v) is 2.41. The molecule has 0 aromatic heterocycles. The zero-order valence-electron chi connectivity index (χ0n) is 6.62. The standard InChI is InChI=1S/C9H14O2/c10-9(11)8-5-7(8)6-3-1-2-4-6/h6-8H,1-5H2,(H,10,11)/t7-,8+/m0/s1. The van der Waals surface area contributed by atoms with Gasteiger partial charge in [0, 0.05) is 0 Å². The van der Waals surface area contributed by atoms with Crippen molar-refractivity contribution < 1.29 is 9.90 Å². The van der Waals surface area contributed by atoms with Crippen LogP contribution >= 0.6 is 0 Å². The molecule has 0 amide bonds. The van der Waals surface area contributed by atoms with Crippen molar-refractivity contribution in [1.29, 1.82) is 0 Å². The maximum Gasteiger partial charge on any atom is 0.306 e. The second kappa shape index (κ2) is 2.50. The summed E-state index contributed by atoms with van der Waals surface area (Å²) in [5.74, 6) is 0.770. The van der Waals surface area contributed by atoms with Crippen LogP contribution in [0.1, 0.15) is 32.1 Å². The van der Waals surface area contributed by atoms with Crippen LogP contribution in [0.2, 0.25) is 0 Å². The van der Waals surface area contributed by atoms with Crippen LogP contribution in [-0.4, -0.2) is 11.1 Å². The van der Waals surface area contributed by atoms with E-state index in [2.05, 4.69) is 0 Å². The van der Waals surface area contributed by atoms with Gasteiger partial charge in [-0.25, -0.2) is 0 Å². The first-order valence-electron chi connectivity index (χ1n) is 4.52. The molecular formula is C9H14O2. The molecule has 0 bridgehead atoms. The van der Waals surface area contributed by atoms with E-state index < -0.39 is 5.97 Å². The van der Waals surface area contributed by atoms with Crippen LogP contribution in [0.3, 0.4) is 0 Å². The first kappa shape index (κ1) is 7.14. The molecule has 2 aliphatic rings. The Balaban J connectivity index is 1.85. The normalized spacial score (nSPS) is 37.5. The van der Waals surface area contributed by atoms with Crippen LogP contribution in [0.4, 0.5) is 0 Å². The molecule has 1 N–H and O–H groups in total. The Morgan fingerprint density at radius 3 is 2.36 bits per heavy atom. The summed E-state index contributed by atoms with van der Waals surface area (Å²) in [7, 11) is 0. The highest BCUT2D eigenvalue weighted by Crippen LogP contribution is 2.50. The Bertz CT molecular complexity index is 170. The summed E-state index contributed by atoms with van der Waals surface area (Å²) in [6, 6.07) is 0. The van der Waals surface area contributed by atoms with Crippen molar-refractivity contribution in [2.45, 2.75) is 32.1 Å². The van der Waals surface area contributed by atoms with Gasteiger partial charge in [-0.05, 0) is 18.3 Å². The molecule has 0 spiro atoms. The third-order valence-corrected chi connectivity index (χ3v) is 3.16. The largest absolute Gasteiger partial charge is 0.481 e. The lowest BCUT2D eigenvalue weighted by atomic mass is 10.0. The number of carboxylic acids is 1. The molecule has 2 saturated carbocycles. The van der Waals surface area contributed by atoms with E-state index in [4.69, 9.17) is 5.11 Å². The molecule has 0 heterocycles. The zero-order chi connectivity index (χ0) is 7.84. The lowest BCUT2D eigenvalue weighted by Gasteiger charge is -2.04. The molecule has 2 aliphatic carbocycles. The second-order valence-corrected chi connectivity index (χ2v) is 3.89. The Kier molecular flexibility index (Phi) is 1.63. The molecule has 0 aromatic rings. The van der Waals surface area contributed by atoms with Crippen molar-refractivity contribution in [3.63, 3.8) is 0 Å². The van der Waals surface area contributed by atoms with Crippen LogP contribution in [-0.2, 0) is 4.79 Å². The van der Waals surface area contributed by atoms with Gasteiger partial charge in [0.2, 0.25) is 0 Å². The van der Waals surface area contributed by atoms with E-state index in [1.807, 2.05) is 0 Å². The van der Waals surface area contributed by atoms with E-state index in [9.17, 15) is 4.79 Å². The molecule has 0 aromatic carbocycles. The third-order valence-electron chi connectivity index (χ3n) is 3.16. The first-order chi connectivity index (χ1) is 5.29. The average molecular weight is 154 g/mol. The van der Waals surface area contributed by atoms with Gasteiger partial charge in [0.1, 0.15) is 0 Å². The van der Waals surface area contributed by atoms with Crippen LogP contribution in [0.15, 0.2) is 0 Å². The Hall–Kier alpha value is -0.530. The number of aliphatic carboxylic acids is 1. The van der Waals surface area contributed by atoms with Gasteiger partial charge in [-0.1, -0.05) is 25.7 Å². The fraction of sp³-hybridized carbons (Fsp3) is 0.889. The molecule has 0 radical (unpaired) electrons. The average Bonchev–Trinajstić information content (AvgIpc) is 2.60. The van der Waals surface area contributed by atoms with Crippen LogP contribution < -0.4 is 0 Å². The fourth-order valence-electron chi connectivity index (χ4n) is 2.41.